The largest absolute Gasteiger partial charge is 0.359 e. The number of aromatic nitrogens is 3. The van der Waals surface area contributed by atoms with E-state index in [0.29, 0.717) is 16.6 Å². The van der Waals surface area contributed by atoms with Crippen molar-refractivity contribution in [2.24, 2.45) is 0 Å². The van der Waals surface area contributed by atoms with Crippen LogP contribution in [0.15, 0.2) is 78.1 Å². The Kier molecular flexibility index (Phi) is 3.98. The van der Waals surface area contributed by atoms with E-state index in [-0.39, 0.29) is 17.9 Å². The van der Waals surface area contributed by atoms with Crippen LogP contribution in [0, 0.1) is 5.82 Å². The minimum absolute atomic E-state index is 0.108. The van der Waals surface area contributed by atoms with Gasteiger partial charge >= 0.3 is 0 Å². The van der Waals surface area contributed by atoms with E-state index >= 15 is 0 Å². The van der Waals surface area contributed by atoms with Gasteiger partial charge in [-0.2, -0.15) is 0 Å². The summed E-state index contributed by atoms with van der Waals surface area (Å²) in [6.07, 6.45) is 3.77. The van der Waals surface area contributed by atoms with Crippen LogP contribution in [-0.4, -0.2) is 14.5 Å². The maximum absolute atomic E-state index is 14.8. The fraction of sp³-hybridized carbons (Fsp3) is 0.0870. The number of hydrogen-bond donors (Lipinski definition) is 1. The van der Waals surface area contributed by atoms with Crippen molar-refractivity contribution < 1.29 is 4.39 Å². The van der Waals surface area contributed by atoms with Crippen LogP contribution >= 0.6 is 0 Å². The molecule has 1 aliphatic heterocycles. The second-order valence-electron chi connectivity index (χ2n) is 7.14. The zero-order chi connectivity index (χ0) is 20.0. The van der Waals surface area contributed by atoms with E-state index in [1.807, 2.05) is 18.2 Å². The van der Waals surface area contributed by atoms with Crippen LogP contribution in [0.1, 0.15) is 11.1 Å². The highest BCUT2D eigenvalue weighted by Crippen LogP contribution is 2.32. The number of allylic oxidation sites excluding steroid dienone is 1. The van der Waals surface area contributed by atoms with Crippen LogP contribution in [0.25, 0.3) is 22.2 Å². The van der Waals surface area contributed by atoms with Crippen molar-refractivity contribution in [3.05, 3.63) is 101 Å². The highest BCUT2D eigenvalue weighted by molar-refractivity contribution is 5.73. The predicted molar refractivity (Wildman–Crippen MR) is 111 cm³/mol. The molecule has 2 aromatic heterocycles. The van der Waals surface area contributed by atoms with Gasteiger partial charge in [0, 0.05) is 29.6 Å². The summed E-state index contributed by atoms with van der Waals surface area (Å²) < 4.78 is 16.2. The molecule has 5 nitrogen and oxygen atoms in total. The molecular formula is C23H17FN4O. The number of benzene rings is 2. The topological polar surface area (TPSA) is 59.8 Å². The van der Waals surface area contributed by atoms with E-state index in [4.69, 9.17) is 0 Å². The lowest BCUT2D eigenvalue weighted by atomic mass is 10.00. The van der Waals surface area contributed by atoms with Gasteiger partial charge in [0.1, 0.15) is 12.1 Å². The molecular weight excluding hydrogens is 367 g/mol. The van der Waals surface area contributed by atoms with Crippen LogP contribution in [0.4, 0.5) is 10.1 Å². The summed E-state index contributed by atoms with van der Waals surface area (Å²) in [5.74, 6) is -0.358. The zero-order valence-electron chi connectivity index (χ0n) is 15.5. The first-order valence-corrected chi connectivity index (χ1v) is 9.25. The molecule has 0 saturated heterocycles. The molecule has 1 aliphatic rings. The standard InChI is InChI=1S/C23H17FN4O/c1-14-9-18-10-15(6-7-21(18)27-14)16-4-5-17(20(24)11-16)12-28-13-26-22-19(23(28)29)3-2-8-25-22/h2-8,10-11,13,27H,1,9,12H2. The number of anilines is 1. The molecule has 1 N–H and O–H groups in total. The summed E-state index contributed by atoms with van der Waals surface area (Å²) in [5.41, 5.74) is 5.48. The molecule has 0 saturated carbocycles. The van der Waals surface area contributed by atoms with Gasteiger partial charge in [0.2, 0.25) is 0 Å². The van der Waals surface area contributed by atoms with Crippen LogP contribution < -0.4 is 10.9 Å². The third-order valence-electron chi connectivity index (χ3n) is 5.14. The molecule has 142 valence electrons. The Balaban J connectivity index is 1.47. The van der Waals surface area contributed by atoms with E-state index in [2.05, 4.69) is 27.9 Å². The number of nitrogens with one attached hydrogen (secondary N) is 1. The zero-order valence-corrected chi connectivity index (χ0v) is 15.5. The Labute approximate surface area is 166 Å². The first-order chi connectivity index (χ1) is 14.1. The van der Waals surface area contributed by atoms with Gasteiger partial charge in [-0.05, 0) is 47.0 Å². The van der Waals surface area contributed by atoms with Gasteiger partial charge < -0.3 is 5.32 Å². The third-order valence-corrected chi connectivity index (χ3v) is 5.14. The van der Waals surface area contributed by atoms with E-state index in [1.165, 1.54) is 17.0 Å². The maximum atomic E-state index is 14.8. The van der Waals surface area contributed by atoms with Crippen molar-refractivity contribution in [2.45, 2.75) is 13.0 Å². The second-order valence-corrected chi connectivity index (χ2v) is 7.14. The summed E-state index contributed by atoms with van der Waals surface area (Å²) in [6, 6.07) is 14.5. The van der Waals surface area contributed by atoms with Crippen molar-refractivity contribution in [1.29, 1.82) is 0 Å². The number of rotatable bonds is 3. The molecule has 2 aromatic carbocycles. The molecule has 3 heterocycles. The minimum atomic E-state index is -0.358. The molecule has 0 spiro atoms. The molecule has 0 atom stereocenters. The SMILES string of the molecule is C=C1Cc2cc(-c3ccc(Cn4cnc5ncccc5c4=O)c(F)c3)ccc2N1. The lowest BCUT2D eigenvalue weighted by molar-refractivity contribution is 0.595. The van der Waals surface area contributed by atoms with E-state index in [9.17, 15) is 9.18 Å². The van der Waals surface area contributed by atoms with Crippen LogP contribution in [0.3, 0.4) is 0 Å². The molecule has 0 aliphatic carbocycles. The van der Waals surface area contributed by atoms with Gasteiger partial charge in [0.25, 0.3) is 5.56 Å². The fourth-order valence-corrected chi connectivity index (χ4v) is 3.66. The first-order valence-electron chi connectivity index (χ1n) is 9.25. The van der Waals surface area contributed by atoms with Crippen molar-refractivity contribution in [3.63, 3.8) is 0 Å². The highest BCUT2D eigenvalue weighted by Gasteiger charge is 2.15. The molecule has 0 unspecified atom stereocenters. The van der Waals surface area contributed by atoms with Crippen molar-refractivity contribution in [2.75, 3.05) is 5.32 Å². The van der Waals surface area contributed by atoms with Gasteiger partial charge in [-0.3, -0.25) is 9.36 Å². The van der Waals surface area contributed by atoms with Crippen molar-refractivity contribution >= 4 is 16.7 Å². The monoisotopic (exact) mass is 384 g/mol. The summed E-state index contributed by atoms with van der Waals surface area (Å²) in [7, 11) is 0. The van der Waals surface area contributed by atoms with Crippen LogP contribution in [0.5, 0.6) is 0 Å². The Hall–Kier alpha value is -3.80. The Morgan fingerprint density at radius 2 is 1.93 bits per heavy atom. The number of fused-ring (bicyclic) bond motifs is 2. The summed E-state index contributed by atoms with van der Waals surface area (Å²) in [6.45, 7) is 4.06. The lowest BCUT2D eigenvalue weighted by Gasteiger charge is -2.10. The summed E-state index contributed by atoms with van der Waals surface area (Å²) >= 11 is 0. The van der Waals surface area contributed by atoms with Crippen LogP contribution in [-0.2, 0) is 13.0 Å². The van der Waals surface area contributed by atoms with E-state index < -0.39 is 0 Å². The number of pyridine rings is 1. The third kappa shape index (κ3) is 3.08. The average molecular weight is 384 g/mol. The smallest absolute Gasteiger partial charge is 0.263 e. The van der Waals surface area contributed by atoms with Gasteiger partial charge in [0.05, 0.1) is 11.9 Å². The Bertz CT molecular complexity index is 1340. The lowest BCUT2D eigenvalue weighted by Crippen LogP contribution is -2.21. The Morgan fingerprint density at radius 1 is 1.10 bits per heavy atom. The van der Waals surface area contributed by atoms with E-state index in [1.54, 1.807) is 24.4 Å². The first kappa shape index (κ1) is 17.3. The molecule has 29 heavy (non-hydrogen) atoms. The van der Waals surface area contributed by atoms with Crippen molar-refractivity contribution in [1.82, 2.24) is 14.5 Å². The maximum Gasteiger partial charge on any atom is 0.263 e. The average Bonchev–Trinajstić information content (AvgIpc) is 3.10. The van der Waals surface area contributed by atoms with Gasteiger partial charge in [-0.15, -0.1) is 0 Å². The predicted octanol–water partition coefficient (Wildman–Crippen LogP) is 4.13. The molecule has 0 radical (unpaired) electrons. The van der Waals surface area contributed by atoms with Gasteiger partial charge in [-0.25, -0.2) is 14.4 Å². The van der Waals surface area contributed by atoms with E-state index in [0.717, 1.165) is 34.5 Å². The van der Waals surface area contributed by atoms with Crippen LogP contribution in [0.2, 0.25) is 0 Å². The highest BCUT2D eigenvalue weighted by atomic mass is 19.1. The van der Waals surface area contributed by atoms with Gasteiger partial charge in [-0.1, -0.05) is 24.8 Å². The normalized spacial score (nSPS) is 12.8. The number of halogens is 1. The quantitative estimate of drug-likeness (QED) is 0.577. The molecule has 0 fully saturated rings. The second kappa shape index (κ2) is 6.67. The minimum Gasteiger partial charge on any atom is -0.359 e. The molecule has 0 bridgehead atoms. The summed E-state index contributed by atoms with van der Waals surface area (Å²) in [5, 5.41) is 3.65. The number of hydrogen-bond acceptors (Lipinski definition) is 4. The summed E-state index contributed by atoms with van der Waals surface area (Å²) in [4.78, 5) is 20.9. The molecule has 4 aromatic rings. The Morgan fingerprint density at radius 3 is 2.79 bits per heavy atom. The van der Waals surface area contributed by atoms with Gasteiger partial charge in [0.15, 0.2) is 5.65 Å². The molecule has 5 rings (SSSR count). The molecule has 6 heteroatoms. The number of nitrogens with zero attached hydrogens (tertiary/aromatic N) is 3. The fourth-order valence-electron chi connectivity index (χ4n) is 3.66. The van der Waals surface area contributed by atoms with Crippen molar-refractivity contribution in [3.8, 4) is 11.1 Å². The molecule has 0 amide bonds.